The minimum Gasteiger partial charge on any atom is -0.460 e. The summed E-state index contributed by atoms with van der Waals surface area (Å²) in [5, 5.41) is 0. The molecule has 3 nitrogen and oxygen atoms in total. The second-order valence-electron chi connectivity index (χ2n) is 3.54. The molecule has 2 rings (SSSR count). The van der Waals surface area contributed by atoms with Gasteiger partial charge < -0.3 is 4.74 Å². The highest BCUT2D eigenvalue weighted by Crippen LogP contribution is 2.41. The van der Waals surface area contributed by atoms with Gasteiger partial charge in [-0.05, 0) is 25.0 Å². The molecule has 0 radical (unpaired) electrons. The van der Waals surface area contributed by atoms with E-state index in [2.05, 4.69) is 0 Å². The Morgan fingerprint density at radius 1 is 1.50 bits per heavy atom. The highest BCUT2D eigenvalue weighted by Gasteiger charge is 2.46. The van der Waals surface area contributed by atoms with Crippen molar-refractivity contribution < 1.29 is 14.3 Å². The molecule has 0 bridgehead atoms. The monoisotopic (exact) mass is 166 g/mol. The molecule has 0 amide bonds. The standard InChI is InChI=1S/C9H10O3/c1-9-3-2-7(10)4-6(9)5-12-8(9)11/h4H,2-3,5H2,1H3/t9-/m0/s1. The molecule has 0 aromatic rings. The molecule has 3 heteroatoms. The summed E-state index contributed by atoms with van der Waals surface area (Å²) in [5.41, 5.74) is 0.359. The summed E-state index contributed by atoms with van der Waals surface area (Å²) in [5.74, 6) is -0.0676. The van der Waals surface area contributed by atoms with E-state index in [-0.39, 0.29) is 11.8 Å². The Balaban J connectivity index is 2.43. The van der Waals surface area contributed by atoms with Crippen molar-refractivity contribution in [2.75, 3.05) is 6.61 Å². The molecule has 2 aliphatic rings. The molecule has 1 fully saturated rings. The molecule has 64 valence electrons. The number of carbonyl (C=O) groups excluding carboxylic acids is 2. The summed E-state index contributed by atoms with van der Waals surface area (Å²) in [7, 11) is 0. The van der Waals surface area contributed by atoms with E-state index in [1.54, 1.807) is 6.08 Å². The third kappa shape index (κ3) is 0.823. The zero-order chi connectivity index (χ0) is 8.77. The fourth-order valence-electron chi connectivity index (χ4n) is 1.70. The molecule has 1 aliphatic carbocycles. The number of hydrogen-bond donors (Lipinski definition) is 0. The van der Waals surface area contributed by atoms with Crippen molar-refractivity contribution >= 4 is 11.8 Å². The number of ketones is 1. The average Bonchev–Trinajstić information content (AvgIpc) is 2.31. The van der Waals surface area contributed by atoms with Gasteiger partial charge in [-0.15, -0.1) is 0 Å². The molecule has 1 aliphatic heterocycles. The van der Waals surface area contributed by atoms with Crippen LogP contribution in [0.25, 0.3) is 0 Å². The first-order valence-electron chi connectivity index (χ1n) is 4.04. The quantitative estimate of drug-likeness (QED) is 0.501. The molecule has 1 heterocycles. The lowest BCUT2D eigenvalue weighted by molar-refractivity contribution is -0.145. The van der Waals surface area contributed by atoms with Crippen LogP contribution in [0.4, 0.5) is 0 Å². The first-order valence-corrected chi connectivity index (χ1v) is 4.04. The fourth-order valence-corrected chi connectivity index (χ4v) is 1.70. The average molecular weight is 166 g/mol. The molecule has 0 saturated carbocycles. The highest BCUT2D eigenvalue weighted by molar-refractivity contribution is 5.96. The molecule has 0 aromatic carbocycles. The van der Waals surface area contributed by atoms with E-state index in [1.165, 1.54) is 0 Å². The predicted octanol–water partition coefficient (Wildman–Crippen LogP) is 0.839. The lowest BCUT2D eigenvalue weighted by atomic mass is 9.75. The number of esters is 1. The summed E-state index contributed by atoms with van der Waals surface area (Å²) < 4.78 is 4.89. The summed E-state index contributed by atoms with van der Waals surface area (Å²) in [4.78, 5) is 22.3. The molecule has 1 saturated heterocycles. The maximum atomic E-state index is 11.3. The number of hydrogen-bond acceptors (Lipinski definition) is 3. The van der Waals surface area contributed by atoms with Gasteiger partial charge in [0.05, 0.1) is 5.41 Å². The lowest BCUT2D eigenvalue weighted by Crippen LogP contribution is -2.28. The molecule has 1 atom stereocenters. The van der Waals surface area contributed by atoms with E-state index in [0.717, 1.165) is 5.57 Å². The molecule has 0 aromatic heterocycles. The van der Waals surface area contributed by atoms with Crippen LogP contribution in [0, 0.1) is 5.41 Å². The van der Waals surface area contributed by atoms with Crippen LogP contribution in [0.3, 0.4) is 0 Å². The number of fused-ring (bicyclic) bond motifs is 1. The number of ether oxygens (including phenoxy) is 1. The molecule has 0 N–H and O–H groups in total. The van der Waals surface area contributed by atoms with Gasteiger partial charge in [0.25, 0.3) is 0 Å². The lowest BCUT2D eigenvalue weighted by Gasteiger charge is -2.23. The van der Waals surface area contributed by atoms with Crippen molar-refractivity contribution in [2.24, 2.45) is 5.41 Å². The largest absolute Gasteiger partial charge is 0.460 e. The van der Waals surface area contributed by atoms with Crippen LogP contribution in [0.5, 0.6) is 0 Å². The van der Waals surface area contributed by atoms with Crippen molar-refractivity contribution in [3.8, 4) is 0 Å². The van der Waals surface area contributed by atoms with Crippen molar-refractivity contribution in [2.45, 2.75) is 19.8 Å². The first kappa shape index (κ1) is 7.53. The number of rotatable bonds is 0. The van der Waals surface area contributed by atoms with Gasteiger partial charge in [-0.25, -0.2) is 0 Å². The Bertz CT molecular complexity index is 290. The second-order valence-corrected chi connectivity index (χ2v) is 3.54. The van der Waals surface area contributed by atoms with Gasteiger partial charge in [0.1, 0.15) is 6.61 Å². The van der Waals surface area contributed by atoms with Gasteiger partial charge in [-0.1, -0.05) is 0 Å². The summed E-state index contributed by atoms with van der Waals surface area (Å²) in [6.45, 7) is 2.15. The van der Waals surface area contributed by atoms with E-state index in [1.807, 2.05) is 6.92 Å². The fraction of sp³-hybridized carbons (Fsp3) is 0.556. The van der Waals surface area contributed by atoms with Crippen LogP contribution in [0.1, 0.15) is 19.8 Å². The topological polar surface area (TPSA) is 43.4 Å². The minimum atomic E-state index is -0.492. The summed E-state index contributed by atoms with van der Waals surface area (Å²) in [6.07, 6.45) is 2.64. The Labute approximate surface area is 70.4 Å². The van der Waals surface area contributed by atoms with Gasteiger partial charge in [-0.3, -0.25) is 9.59 Å². The first-order chi connectivity index (χ1) is 5.63. The van der Waals surface area contributed by atoms with Crippen LogP contribution in [0.15, 0.2) is 11.6 Å². The predicted molar refractivity (Wildman–Crippen MR) is 41.4 cm³/mol. The Morgan fingerprint density at radius 2 is 2.25 bits per heavy atom. The van der Waals surface area contributed by atoms with Crippen molar-refractivity contribution in [3.05, 3.63) is 11.6 Å². The molecule has 0 unspecified atom stereocenters. The smallest absolute Gasteiger partial charge is 0.316 e. The van der Waals surface area contributed by atoms with E-state index in [9.17, 15) is 9.59 Å². The second kappa shape index (κ2) is 2.19. The van der Waals surface area contributed by atoms with E-state index in [4.69, 9.17) is 4.74 Å². The van der Waals surface area contributed by atoms with Crippen LogP contribution >= 0.6 is 0 Å². The number of cyclic esters (lactones) is 1. The normalized spacial score (nSPS) is 34.2. The molecule has 12 heavy (non-hydrogen) atoms. The molecular formula is C9H10O3. The van der Waals surface area contributed by atoms with Crippen LogP contribution in [0.2, 0.25) is 0 Å². The van der Waals surface area contributed by atoms with Gasteiger partial charge in [0.2, 0.25) is 0 Å². The maximum absolute atomic E-state index is 11.3. The summed E-state index contributed by atoms with van der Waals surface area (Å²) >= 11 is 0. The zero-order valence-electron chi connectivity index (χ0n) is 6.92. The van der Waals surface area contributed by atoms with E-state index < -0.39 is 5.41 Å². The zero-order valence-corrected chi connectivity index (χ0v) is 6.92. The third-order valence-electron chi connectivity index (χ3n) is 2.72. The third-order valence-corrected chi connectivity index (χ3v) is 2.72. The van der Waals surface area contributed by atoms with Crippen LogP contribution < -0.4 is 0 Å². The Kier molecular flexibility index (Phi) is 1.37. The minimum absolute atomic E-state index is 0.112. The Morgan fingerprint density at radius 3 is 3.00 bits per heavy atom. The summed E-state index contributed by atoms with van der Waals surface area (Å²) in [6, 6.07) is 0. The van der Waals surface area contributed by atoms with Crippen molar-refractivity contribution in [3.63, 3.8) is 0 Å². The van der Waals surface area contributed by atoms with Crippen molar-refractivity contribution in [1.82, 2.24) is 0 Å². The highest BCUT2D eigenvalue weighted by atomic mass is 16.5. The molecule has 0 spiro atoms. The van der Waals surface area contributed by atoms with Crippen LogP contribution in [-0.2, 0) is 14.3 Å². The number of allylic oxidation sites excluding steroid dienone is 1. The van der Waals surface area contributed by atoms with Gasteiger partial charge in [-0.2, -0.15) is 0 Å². The van der Waals surface area contributed by atoms with Gasteiger partial charge in [0, 0.05) is 6.42 Å². The Hall–Kier alpha value is -1.12. The van der Waals surface area contributed by atoms with Crippen molar-refractivity contribution in [1.29, 1.82) is 0 Å². The maximum Gasteiger partial charge on any atom is 0.316 e. The van der Waals surface area contributed by atoms with E-state index in [0.29, 0.717) is 19.4 Å². The molecular weight excluding hydrogens is 156 g/mol. The van der Waals surface area contributed by atoms with E-state index >= 15 is 0 Å². The van der Waals surface area contributed by atoms with Crippen LogP contribution in [-0.4, -0.2) is 18.4 Å². The SMILES string of the molecule is C[C@]12CCC(=O)C=C1COC2=O. The van der Waals surface area contributed by atoms with Gasteiger partial charge in [0.15, 0.2) is 5.78 Å². The van der Waals surface area contributed by atoms with Gasteiger partial charge >= 0.3 is 5.97 Å². The number of carbonyl (C=O) groups is 2.